The number of thiophene rings is 1. The van der Waals surface area contributed by atoms with Crippen molar-refractivity contribution in [1.82, 2.24) is 10.2 Å². The van der Waals surface area contributed by atoms with Gasteiger partial charge in [-0.3, -0.25) is 4.90 Å². The molecule has 1 fully saturated rings. The molecule has 0 radical (unpaired) electrons. The van der Waals surface area contributed by atoms with Gasteiger partial charge < -0.3 is 5.32 Å². The van der Waals surface area contributed by atoms with E-state index in [0.29, 0.717) is 0 Å². The van der Waals surface area contributed by atoms with Crippen molar-refractivity contribution in [3.05, 3.63) is 22.4 Å². The third kappa shape index (κ3) is 3.30. The van der Waals surface area contributed by atoms with Crippen LogP contribution in [0.25, 0.3) is 0 Å². The maximum absolute atomic E-state index is 3.49. The zero-order valence-corrected chi connectivity index (χ0v) is 11.8. The summed E-state index contributed by atoms with van der Waals surface area (Å²) in [4.78, 5) is 4.15. The zero-order valence-electron chi connectivity index (χ0n) is 11.0. The van der Waals surface area contributed by atoms with E-state index in [1.165, 1.54) is 30.8 Å². The van der Waals surface area contributed by atoms with Crippen molar-refractivity contribution >= 4 is 11.3 Å². The van der Waals surface area contributed by atoms with Crippen LogP contribution in [0.5, 0.6) is 0 Å². The summed E-state index contributed by atoms with van der Waals surface area (Å²) in [6.07, 6.45) is 2.79. The van der Waals surface area contributed by atoms with Crippen LogP contribution in [-0.2, 0) is 6.54 Å². The van der Waals surface area contributed by atoms with E-state index in [1.54, 1.807) is 0 Å². The topological polar surface area (TPSA) is 15.3 Å². The van der Waals surface area contributed by atoms with Crippen molar-refractivity contribution in [1.29, 1.82) is 0 Å². The van der Waals surface area contributed by atoms with E-state index < -0.39 is 0 Å². The number of hydrogen-bond acceptors (Lipinski definition) is 3. The summed E-state index contributed by atoms with van der Waals surface area (Å²) in [5.74, 6) is 0.870. The lowest BCUT2D eigenvalue weighted by Crippen LogP contribution is -2.50. The second-order valence-corrected chi connectivity index (χ2v) is 5.89. The third-order valence-corrected chi connectivity index (χ3v) is 4.71. The first-order chi connectivity index (χ1) is 8.35. The molecule has 0 aliphatic heterocycles. The molecule has 1 aromatic rings. The molecule has 1 heterocycles. The highest BCUT2D eigenvalue weighted by Gasteiger charge is 2.34. The van der Waals surface area contributed by atoms with Crippen LogP contribution in [0.1, 0.15) is 31.6 Å². The minimum absolute atomic E-state index is 0.807. The molecule has 0 amide bonds. The first kappa shape index (κ1) is 13.1. The van der Waals surface area contributed by atoms with Crippen molar-refractivity contribution < 1.29 is 0 Å². The molecular weight excluding hydrogens is 228 g/mol. The van der Waals surface area contributed by atoms with Crippen molar-refractivity contribution in [2.24, 2.45) is 5.92 Å². The number of hydrogen-bond donors (Lipinski definition) is 1. The van der Waals surface area contributed by atoms with Gasteiger partial charge in [0.15, 0.2) is 0 Å². The van der Waals surface area contributed by atoms with Gasteiger partial charge in [0.25, 0.3) is 0 Å². The predicted molar refractivity (Wildman–Crippen MR) is 75.5 cm³/mol. The molecule has 96 valence electrons. The van der Waals surface area contributed by atoms with E-state index >= 15 is 0 Å². The standard InChI is InChI=1S/C14H24N2S/c1-3-15-10-12-7-8-14(12)16(4-2)11-13-6-5-9-17-13/h5-6,9,12,14-15H,3-4,7-8,10-11H2,1-2H3. The van der Waals surface area contributed by atoms with Gasteiger partial charge in [-0.15, -0.1) is 11.3 Å². The fourth-order valence-corrected chi connectivity index (χ4v) is 3.40. The van der Waals surface area contributed by atoms with Crippen LogP contribution in [0.3, 0.4) is 0 Å². The Kier molecular flexibility index (Phi) is 5.01. The van der Waals surface area contributed by atoms with Gasteiger partial charge in [0.1, 0.15) is 0 Å². The molecule has 2 nitrogen and oxygen atoms in total. The first-order valence-corrected chi connectivity index (χ1v) is 7.70. The summed E-state index contributed by atoms with van der Waals surface area (Å²) in [5.41, 5.74) is 0. The van der Waals surface area contributed by atoms with Gasteiger partial charge in [-0.1, -0.05) is 19.9 Å². The van der Waals surface area contributed by atoms with Crippen LogP contribution < -0.4 is 5.32 Å². The zero-order chi connectivity index (χ0) is 12.1. The van der Waals surface area contributed by atoms with E-state index in [0.717, 1.165) is 25.0 Å². The smallest absolute Gasteiger partial charge is 0.0330 e. The van der Waals surface area contributed by atoms with E-state index in [-0.39, 0.29) is 0 Å². The summed E-state index contributed by atoms with van der Waals surface area (Å²) >= 11 is 1.88. The summed E-state index contributed by atoms with van der Waals surface area (Å²) in [7, 11) is 0. The first-order valence-electron chi connectivity index (χ1n) is 6.82. The average Bonchev–Trinajstić information content (AvgIpc) is 2.80. The van der Waals surface area contributed by atoms with Crippen molar-refractivity contribution in [3.8, 4) is 0 Å². The summed E-state index contributed by atoms with van der Waals surface area (Å²) in [6.45, 7) is 9.09. The molecule has 1 saturated carbocycles. The van der Waals surface area contributed by atoms with E-state index in [4.69, 9.17) is 0 Å². The highest BCUT2D eigenvalue weighted by atomic mass is 32.1. The van der Waals surface area contributed by atoms with Gasteiger partial charge in [-0.05, 0) is 49.8 Å². The Morgan fingerprint density at radius 3 is 2.82 bits per heavy atom. The molecule has 2 rings (SSSR count). The molecule has 0 aromatic carbocycles. The monoisotopic (exact) mass is 252 g/mol. The summed E-state index contributed by atoms with van der Waals surface area (Å²) < 4.78 is 0. The lowest BCUT2D eigenvalue weighted by atomic mass is 9.78. The summed E-state index contributed by atoms with van der Waals surface area (Å²) in [6, 6.07) is 5.22. The molecule has 1 N–H and O–H groups in total. The number of nitrogens with zero attached hydrogens (tertiary/aromatic N) is 1. The van der Waals surface area contributed by atoms with Gasteiger partial charge >= 0.3 is 0 Å². The molecule has 0 spiro atoms. The van der Waals surface area contributed by atoms with Crippen LogP contribution in [0.4, 0.5) is 0 Å². The van der Waals surface area contributed by atoms with Crippen LogP contribution in [0.15, 0.2) is 17.5 Å². The Morgan fingerprint density at radius 2 is 2.29 bits per heavy atom. The SMILES string of the molecule is CCNCC1CCC1N(CC)Cc1cccs1. The van der Waals surface area contributed by atoms with Gasteiger partial charge in [0.05, 0.1) is 0 Å². The molecule has 3 heteroatoms. The van der Waals surface area contributed by atoms with Crippen LogP contribution in [0, 0.1) is 5.92 Å². The molecule has 2 unspecified atom stereocenters. The minimum Gasteiger partial charge on any atom is -0.317 e. The van der Waals surface area contributed by atoms with Gasteiger partial charge in [0, 0.05) is 17.5 Å². The highest BCUT2D eigenvalue weighted by Crippen LogP contribution is 2.32. The minimum atomic E-state index is 0.807. The van der Waals surface area contributed by atoms with Crippen molar-refractivity contribution in [3.63, 3.8) is 0 Å². The van der Waals surface area contributed by atoms with Crippen molar-refractivity contribution in [2.75, 3.05) is 19.6 Å². The molecule has 1 aliphatic rings. The molecule has 17 heavy (non-hydrogen) atoms. The van der Waals surface area contributed by atoms with Gasteiger partial charge in [-0.2, -0.15) is 0 Å². The second kappa shape index (κ2) is 6.53. The van der Waals surface area contributed by atoms with Gasteiger partial charge in [-0.25, -0.2) is 0 Å². The van der Waals surface area contributed by atoms with Crippen molar-refractivity contribution in [2.45, 2.75) is 39.3 Å². The van der Waals surface area contributed by atoms with E-state index in [2.05, 4.69) is 41.6 Å². The average molecular weight is 252 g/mol. The van der Waals surface area contributed by atoms with Crippen LogP contribution >= 0.6 is 11.3 Å². The predicted octanol–water partition coefficient (Wildman–Crippen LogP) is 2.96. The highest BCUT2D eigenvalue weighted by molar-refractivity contribution is 7.09. The van der Waals surface area contributed by atoms with Gasteiger partial charge in [0.2, 0.25) is 0 Å². The number of nitrogens with one attached hydrogen (secondary N) is 1. The Labute approximate surface area is 109 Å². The fourth-order valence-electron chi connectivity index (χ4n) is 2.67. The Balaban J connectivity index is 1.85. The second-order valence-electron chi connectivity index (χ2n) is 4.85. The molecule has 0 bridgehead atoms. The quantitative estimate of drug-likeness (QED) is 0.802. The Hall–Kier alpha value is -0.380. The largest absolute Gasteiger partial charge is 0.317 e. The summed E-state index contributed by atoms with van der Waals surface area (Å²) in [5, 5.41) is 5.67. The van der Waals surface area contributed by atoms with Crippen LogP contribution in [0.2, 0.25) is 0 Å². The molecule has 1 aromatic heterocycles. The maximum Gasteiger partial charge on any atom is 0.0330 e. The maximum atomic E-state index is 3.49. The van der Waals surface area contributed by atoms with E-state index in [1.807, 2.05) is 11.3 Å². The Bertz CT molecular complexity index is 310. The Morgan fingerprint density at radius 1 is 1.41 bits per heavy atom. The normalized spacial score (nSPS) is 23.9. The molecule has 0 saturated heterocycles. The lowest BCUT2D eigenvalue weighted by molar-refractivity contribution is 0.0609. The molecular formula is C14H24N2S. The van der Waals surface area contributed by atoms with Crippen LogP contribution in [-0.4, -0.2) is 30.6 Å². The molecule has 2 atom stereocenters. The lowest BCUT2D eigenvalue weighted by Gasteiger charge is -2.44. The number of rotatable bonds is 7. The third-order valence-electron chi connectivity index (χ3n) is 3.85. The van der Waals surface area contributed by atoms with E-state index in [9.17, 15) is 0 Å². The fraction of sp³-hybridized carbons (Fsp3) is 0.714. The molecule has 1 aliphatic carbocycles.